The molecule has 0 saturated heterocycles. The fourth-order valence-corrected chi connectivity index (χ4v) is 2.36. The Bertz CT molecular complexity index is 392. The molecule has 0 spiro atoms. The second-order valence-corrected chi connectivity index (χ2v) is 4.17. The zero-order chi connectivity index (χ0) is 10.7. The number of likely N-dealkylation sites (N-methyl/N-ethyl adjacent to an activating group) is 1. The SMILES string of the molecule is CCNC1(C#N)CCc2ccccc2C1. The molecule has 2 nitrogen and oxygen atoms in total. The Morgan fingerprint density at radius 3 is 2.80 bits per heavy atom. The van der Waals surface area contributed by atoms with Gasteiger partial charge in [0.25, 0.3) is 0 Å². The van der Waals surface area contributed by atoms with Gasteiger partial charge in [0.2, 0.25) is 0 Å². The molecule has 0 bridgehead atoms. The van der Waals surface area contributed by atoms with Crippen molar-refractivity contribution in [3.8, 4) is 6.07 Å². The van der Waals surface area contributed by atoms with Crippen LogP contribution in [0.4, 0.5) is 0 Å². The predicted molar refractivity (Wildman–Crippen MR) is 60.5 cm³/mol. The quantitative estimate of drug-likeness (QED) is 0.793. The number of hydrogen-bond donors (Lipinski definition) is 1. The van der Waals surface area contributed by atoms with Crippen molar-refractivity contribution in [2.24, 2.45) is 0 Å². The average molecular weight is 200 g/mol. The van der Waals surface area contributed by atoms with Gasteiger partial charge in [0.05, 0.1) is 6.07 Å². The zero-order valence-corrected chi connectivity index (χ0v) is 9.09. The minimum atomic E-state index is -0.330. The van der Waals surface area contributed by atoms with Crippen LogP contribution in [0.1, 0.15) is 24.5 Å². The number of nitrogens with one attached hydrogen (secondary N) is 1. The van der Waals surface area contributed by atoms with Crippen molar-refractivity contribution in [1.82, 2.24) is 5.32 Å². The molecule has 15 heavy (non-hydrogen) atoms. The fraction of sp³-hybridized carbons (Fsp3) is 0.462. The van der Waals surface area contributed by atoms with Crippen molar-refractivity contribution >= 4 is 0 Å². The van der Waals surface area contributed by atoms with E-state index in [2.05, 4.69) is 42.6 Å². The minimum absolute atomic E-state index is 0.330. The van der Waals surface area contributed by atoms with Gasteiger partial charge in [0, 0.05) is 6.42 Å². The summed E-state index contributed by atoms with van der Waals surface area (Å²) in [5.41, 5.74) is 2.40. The minimum Gasteiger partial charge on any atom is -0.299 e. The molecule has 0 heterocycles. The van der Waals surface area contributed by atoms with Crippen molar-refractivity contribution in [1.29, 1.82) is 5.26 Å². The van der Waals surface area contributed by atoms with Crippen LogP contribution in [0.25, 0.3) is 0 Å². The fourth-order valence-electron chi connectivity index (χ4n) is 2.36. The third-order valence-electron chi connectivity index (χ3n) is 3.16. The summed E-state index contributed by atoms with van der Waals surface area (Å²) in [6.07, 6.45) is 2.78. The molecule has 0 amide bonds. The third-order valence-corrected chi connectivity index (χ3v) is 3.16. The summed E-state index contributed by atoms with van der Waals surface area (Å²) < 4.78 is 0. The van der Waals surface area contributed by atoms with E-state index in [1.807, 2.05) is 0 Å². The predicted octanol–water partition coefficient (Wildman–Crippen LogP) is 2.05. The highest BCUT2D eigenvalue weighted by molar-refractivity contribution is 5.34. The summed E-state index contributed by atoms with van der Waals surface area (Å²) in [6, 6.07) is 10.9. The highest BCUT2D eigenvalue weighted by Crippen LogP contribution is 2.28. The number of fused-ring (bicyclic) bond motifs is 1. The molecule has 1 N–H and O–H groups in total. The molecule has 1 aliphatic carbocycles. The Kier molecular flexibility index (Phi) is 2.75. The Morgan fingerprint density at radius 2 is 2.13 bits per heavy atom. The van der Waals surface area contributed by atoms with E-state index in [9.17, 15) is 5.26 Å². The van der Waals surface area contributed by atoms with Crippen LogP contribution in [0.5, 0.6) is 0 Å². The van der Waals surface area contributed by atoms with Crippen molar-refractivity contribution in [3.05, 3.63) is 35.4 Å². The van der Waals surface area contributed by atoms with E-state index < -0.39 is 0 Å². The zero-order valence-electron chi connectivity index (χ0n) is 9.09. The first kappa shape index (κ1) is 10.2. The summed E-state index contributed by atoms with van der Waals surface area (Å²) >= 11 is 0. The maximum atomic E-state index is 9.29. The molecule has 2 heteroatoms. The van der Waals surface area contributed by atoms with Gasteiger partial charge in [-0.25, -0.2) is 0 Å². The van der Waals surface area contributed by atoms with E-state index in [1.165, 1.54) is 11.1 Å². The van der Waals surface area contributed by atoms with Gasteiger partial charge < -0.3 is 0 Å². The second kappa shape index (κ2) is 4.04. The Labute approximate surface area is 90.9 Å². The number of hydrogen-bond acceptors (Lipinski definition) is 2. The van der Waals surface area contributed by atoms with E-state index in [1.54, 1.807) is 0 Å². The van der Waals surface area contributed by atoms with Crippen LogP contribution < -0.4 is 5.32 Å². The topological polar surface area (TPSA) is 35.8 Å². The lowest BCUT2D eigenvalue weighted by atomic mass is 9.79. The maximum absolute atomic E-state index is 9.29. The van der Waals surface area contributed by atoms with Crippen molar-refractivity contribution in [2.45, 2.75) is 31.7 Å². The average Bonchev–Trinajstić information content (AvgIpc) is 2.29. The molecule has 0 radical (unpaired) electrons. The molecule has 1 aromatic rings. The Morgan fingerprint density at radius 1 is 1.40 bits per heavy atom. The van der Waals surface area contributed by atoms with E-state index in [-0.39, 0.29) is 5.54 Å². The molecule has 1 atom stereocenters. The molecule has 0 aromatic heterocycles. The van der Waals surface area contributed by atoms with Crippen LogP contribution in [0, 0.1) is 11.3 Å². The molecule has 1 aromatic carbocycles. The molecule has 1 unspecified atom stereocenters. The van der Waals surface area contributed by atoms with E-state index >= 15 is 0 Å². The van der Waals surface area contributed by atoms with Crippen LogP contribution in [0.2, 0.25) is 0 Å². The first-order valence-corrected chi connectivity index (χ1v) is 5.53. The third kappa shape index (κ3) is 1.88. The monoisotopic (exact) mass is 200 g/mol. The largest absolute Gasteiger partial charge is 0.299 e. The molecule has 2 rings (SSSR count). The van der Waals surface area contributed by atoms with Gasteiger partial charge in [-0.15, -0.1) is 0 Å². The number of rotatable bonds is 2. The normalized spacial score (nSPS) is 24.3. The smallest absolute Gasteiger partial charge is 0.111 e. The Hall–Kier alpha value is -1.33. The summed E-state index contributed by atoms with van der Waals surface area (Å²) in [6.45, 7) is 2.91. The maximum Gasteiger partial charge on any atom is 0.111 e. The Balaban J connectivity index is 2.28. The standard InChI is InChI=1S/C13H16N2/c1-2-15-13(10-14)8-7-11-5-3-4-6-12(11)9-13/h3-6,15H,2,7-9H2,1H3. The molecule has 1 aliphatic rings. The molecule has 78 valence electrons. The molecule has 0 fully saturated rings. The number of nitrogens with zero attached hydrogens (tertiary/aromatic N) is 1. The lowest BCUT2D eigenvalue weighted by Gasteiger charge is -2.32. The van der Waals surface area contributed by atoms with E-state index in [0.29, 0.717) is 0 Å². The van der Waals surface area contributed by atoms with Crippen LogP contribution in [-0.2, 0) is 12.8 Å². The highest BCUT2D eigenvalue weighted by Gasteiger charge is 2.33. The number of benzene rings is 1. The lowest BCUT2D eigenvalue weighted by molar-refractivity contribution is 0.375. The van der Waals surface area contributed by atoms with Crippen LogP contribution in [0.15, 0.2) is 24.3 Å². The summed E-state index contributed by atoms with van der Waals surface area (Å²) in [4.78, 5) is 0. The van der Waals surface area contributed by atoms with Gasteiger partial charge in [0.15, 0.2) is 0 Å². The molecule has 0 aliphatic heterocycles. The van der Waals surface area contributed by atoms with E-state index in [4.69, 9.17) is 0 Å². The van der Waals surface area contributed by atoms with Gasteiger partial charge in [-0.1, -0.05) is 31.2 Å². The molecular weight excluding hydrogens is 184 g/mol. The van der Waals surface area contributed by atoms with Gasteiger partial charge in [-0.2, -0.15) is 5.26 Å². The molecular formula is C13H16N2. The van der Waals surface area contributed by atoms with Crippen molar-refractivity contribution in [2.75, 3.05) is 6.54 Å². The van der Waals surface area contributed by atoms with Crippen LogP contribution >= 0.6 is 0 Å². The summed E-state index contributed by atoms with van der Waals surface area (Å²) in [7, 11) is 0. The molecule has 0 saturated carbocycles. The second-order valence-electron chi connectivity index (χ2n) is 4.17. The summed E-state index contributed by atoms with van der Waals surface area (Å²) in [5.74, 6) is 0. The lowest BCUT2D eigenvalue weighted by Crippen LogP contribution is -2.48. The van der Waals surface area contributed by atoms with Gasteiger partial charge in [-0.05, 0) is 30.5 Å². The number of aryl methyl sites for hydroxylation is 1. The van der Waals surface area contributed by atoms with E-state index in [0.717, 1.165) is 25.8 Å². The van der Waals surface area contributed by atoms with Crippen LogP contribution in [0.3, 0.4) is 0 Å². The van der Waals surface area contributed by atoms with Gasteiger partial charge in [0.1, 0.15) is 5.54 Å². The first-order valence-electron chi connectivity index (χ1n) is 5.53. The van der Waals surface area contributed by atoms with Crippen LogP contribution in [-0.4, -0.2) is 12.1 Å². The first-order chi connectivity index (χ1) is 7.29. The van der Waals surface area contributed by atoms with Crippen molar-refractivity contribution < 1.29 is 0 Å². The highest BCUT2D eigenvalue weighted by atomic mass is 15.0. The van der Waals surface area contributed by atoms with Crippen molar-refractivity contribution in [3.63, 3.8) is 0 Å². The number of nitriles is 1. The van der Waals surface area contributed by atoms with Gasteiger partial charge >= 0.3 is 0 Å². The van der Waals surface area contributed by atoms with Gasteiger partial charge in [-0.3, -0.25) is 5.32 Å². The summed E-state index contributed by atoms with van der Waals surface area (Å²) in [5, 5.41) is 12.6.